The normalized spacial score (nSPS) is 10.8. The Kier molecular flexibility index (Phi) is 9.07. The molecule has 8 nitrogen and oxygen atoms in total. The number of nitrogens with zero attached hydrogens (tertiary/aromatic N) is 2. The van der Waals surface area contributed by atoms with Gasteiger partial charge in [-0.3, -0.25) is 14.9 Å². The number of rotatable bonds is 10. The maximum Gasteiger partial charge on any atom is 0.275 e. The van der Waals surface area contributed by atoms with E-state index in [2.05, 4.69) is 26.5 Å². The molecule has 0 aliphatic carbocycles. The Morgan fingerprint density at radius 3 is 2.42 bits per heavy atom. The van der Waals surface area contributed by atoms with Crippen molar-refractivity contribution in [3.8, 4) is 11.5 Å². The van der Waals surface area contributed by atoms with Crippen LogP contribution in [0.1, 0.15) is 27.0 Å². The van der Waals surface area contributed by atoms with Crippen LogP contribution in [0.25, 0.3) is 0 Å². The predicted molar refractivity (Wildman–Crippen MR) is 149 cm³/mol. The van der Waals surface area contributed by atoms with E-state index in [0.717, 1.165) is 15.6 Å². The molecule has 0 aliphatic heterocycles. The number of carbonyl (C=O) groups is 1. The number of nitro benzene ring substituents is 1. The van der Waals surface area contributed by atoms with Gasteiger partial charge in [0.15, 0.2) is 0 Å². The summed E-state index contributed by atoms with van der Waals surface area (Å²) in [6.07, 6.45) is 1.47. The third-order valence-electron chi connectivity index (χ3n) is 5.36. The molecule has 192 valence electrons. The van der Waals surface area contributed by atoms with Crippen molar-refractivity contribution in [3.63, 3.8) is 0 Å². The highest BCUT2D eigenvalue weighted by atomic mass is 79.9. The summed E-state index contributed by atoms with van der Waals surface area (Å²) in [6, 6.07) is 25.7. The molecule has 0 saturated heterocycles. The average molecular weight is 595 g/mol. The second-order valence-electron chi connectivity index (χ2n) is 7.97. The van der Waals surface area contributed by atoms with Gasteiger partial charge in [-0.05, 0) is 54.1 Å². The third kappa shape index (κ3) is 7.18. The third-order valence-corrected chi connectivity index (χ3v) is 6.22. The molecule has 10 heteroatoms. The van der Waals surface area contributed by atoms with Crippen molar-refractivity contribution >= 4 is 45.3 Å². The van der Waals surface area contributed by atoms with Crippen LogP contribution >= 0.6 is 27.5 Å². The average Bonchev–Trinajstić information content (AvgIpc) is 2.92. The molecule has 0 aromatic heterocycles. The van der Waals surface area contributed by atoms with Crippen LogP contribution in [0.3, 0.4) is 0 Å². The molecular formula is C28H21BrClN3O5. The van der Waals surface area contributed by atoms with E-state index < -0.39 is 10.8 Å². The van der Waals surface area contributed by atoms with Crippen LogP contribution in [-0.2, 0) is 13.2 Å². The van der Waals surface area contributed by atoms with Crippen LogP contribution in [0.2, 0.25) is 5.02 Å². The highest BCUT2D eigenvalue weighted by molar-refractivity contribution is 9.10. The van der Waals surface area contributed by atoms with Crippen molar-refractivity contribution in [2.24, 2.45) is 5.10 Å². The minimum absolute atomic E-state index is 0.0109. The van der Waals surface area contributed by atoms with Gasteiger partial charge in [0.1, 0.15) is 24.7 Å². The Labute approximate surface area is 232 Å². The molecule has 4 aromatic rings. The SMILES string of the molecule is O=C(N/N=C/c1cc(Br)ccc1OCc1ccc([N+](=O)[O-])cc1)c1ccccc1OCc1ccccc1Cl. The second-order valence-corrected chi connectivity index (χ2v) is 9.29. The molecule has 0 aliphatic rings. The van der Waals surface area contributed by atoms with Gasteiger partial charge < -0.3 is 9.47 Å². The molecule has 0 heterocycles. The number of benzene rings is 4. The maximum atomic E-state index is 12.9. The largest absolute Gasteiger partial charge is 0.488 e. The fourth-order valence-electron chi connectivity index (χ4n) is 3.40. The summed E-state index contributed by atoms with van der Waals surface area (Å²) in [5.74, 6) is 0.474. The Hall–Kier alpha value is -4.21. The van der Waals surface area contributed by atoms with Gasteiger partial charge in [-0.25, -0.2) is 5.43 Å². The number of hydrazone groups is 1. The summed E-state index contributed by atoms with van der Waals surface area (Å²) in [5.41, 5.74) is 5.04. The first kappa shape index (κ1) is 26.8. The van der Waals surface area contributed by atoms with Crippen LogP contribution in [0.5, 0.6) is 11.5 Å². The van der Waals surface area contributed by atoms with Gasteiger partial charge in [-0.15, -0.1) is 0 Å². The lowest BCUT2D eigenvalue weighted by molar-refractivity contribution is -0.384. The van der Waals surface area contributed by atoms with Gasteiger partial charge in [0.05, 0.1) is 16.7 Å². The minimum Gasteiger partial charge on any atom is -0.488 e. The number of amides is 1. The predicted octanol–water partition coefficient (Wildman–Crippen LogP) is 6.93. The van der Waals surface area contributed by atoms with Gasteiger partial charge in [0, 0.05) is 32.8 Å². The molecule has 0 fully saturated rings. The van der Waals surface area contributed by atoms with Gasteiger partial charge >= 0.3 is 0 Å². The van der Waals surface area contributed by atoms with E-state index in [1.165, 1.54) is 18.3 Å². The lowest BCUT2D eigenvalue weighted by atomic mass is 10.2. The molecule has 0 radical (unpaired) electrons. The molecule has 38 heavy (non-hydrogen) atoms. The first-order valence-electron chi connectivity index (χ1n) is 11.3. The number of hydrogen-bond donors (Lipinski definition) is 1. The zero-order chi connectivity index (χ0) is 26.9. The summed E-state index contributed by atoms with van der Waals surface area (Å²) >= 11 is 9.63. The number of nitro groups is 1. The quantitative estimate of drug-likeness (QED) is 0.122. The first-order chi connectivity index (χ1) is 18.4. The number of halogens is 2. The monoisotopic (exact) mass is 593 g/mol. The fourth-order valence-corrected chi connectivity index (χ4v) is 3.97. The molecule has 0 unspecified atom stereocenters. The lowest BCUT2D eigenvalue weighted by Crippen LogP contribution is -2.18. The molecule has 4 aromatic carbocycles. The van der Waals surface area contributed by atoms with Crippen LogP contribution < -0.4 is 14.9 Å². The number of carbonyl (C=O) groups excluding carboxylic acids is 1. The molecule has 0 spiro atoms. The summed E-state index contributed by atoms with van der Waals surface area (Å²) < 4.78 is 12.6. The second kappa shape index (κ2) is 12.8. The van der Waals surface area contributed by atoms with Crippen LogP contribution in [0.4, 0.5) is 5.69 Å². The molecular weight excluding hydrogens is 574 g/mol. The summed E-state index contributed by atoms with van der Waals surface area (Å²) in [6.45, 7) is 0.406. The van der Waals surface area contributed by atoms with Crippen molar-refractivity contribution in [2.75, 3.05) is 0 Å². The molecule has 0 saturated carbocycles. The van der Waals surface area contributed by atoms with Crippen LogP contribution in [0.15, 0.2) is 101 Å². The minimum atomic E-state index is -0.453. The van der Waals surface area contributed by atoms with E-state index in [4.69, 9.17) is 21.1 Å². The van der Waals surface area contributed by atoms with Crippen LogP contribution in [-0.4, -0.2) is 17.0 Å². The Bertz CT molecular complexity index is 1480. The van der Waals surface area contributed by atoms with E-state index in [1.807, 2.05) is 24.3 Å². The van der Waals surface area contributed by atoms with Crippen molar-refractivity contribution in [1.29, 1.82) is 0 Å². The van der Waals surface area contributed by atoms with E-state index in [9.17, 15) is 14.9 Å². The van der Waals surface area contributed by atoms with E-state index in [0.29, 0.717) is 27.6 Å². The van der Waals surface area contributed by atoms with Gasteiger partial charge in [0.25, 0.3) is 11.6 Å². The van der Waals surface area contributed by atoms with Crippen molar-refractivity contribution in [3.05, 3.63) is 133 Å². The first-order valence-corrected chi connectivity index (χ1v) is 12.5. The highest BCUT2D eigenvalue weighted by Crippen LogP contribution is 2.24. The molecule has 1 amide bonds. The van der Waals surface area contributed by atoms with Crippen molar-refractivity contribution in [1.82, 2.24) is 5.43 Å². The van der Waals surface area contributed by atoms with Gasteiger partial charge in [-0.1, -0.05) is 57.9 Å². The maximum absolute atomic E-state index is 12.9. The van der Waals surface area contributed by atoms with Crippen molar-refractivity contribution < 1.29 is 19.2 Å². The zero-order valence-corrected chi connectivity index (χ0v) is 22.2. The summed E-state index contributed by atoms with van der Waals surface area (Å²) in [7, 11) is 0. The molecule has 0 bridgehead atoms. The lowest BCUT2D eigenvalue weighted by Gasteiger charge is -2.11. The van der Waals surface area contributed by atoms with Crippen LogP contribution in [0, 0.1) is 10.1 Å². The number of nitrogens with one attached hydrogen (secondary N) is 1. The molecule has 1 N–H and O–H groups in total. The van der Waals surface area contributed by atoms with E-state index in [1.54, 1.807) is 54.6 Å². The van der Waals surface area contributed by atoms with E-state index in [-0.39, 0.29) is 18.9 Å². The van der Waals surface area contributed by atoms with Gasteiger partial charge in [0.2, 0.25) is 0 Å². The Morgan fingerprint density at radius 1 is 0.947 bits per heavy atom. The standard InChI is InChI=1S/C28H21BrClN3O5/c29-22-11-14-26(37-17-19-9-12-23(13-10-19)33(35)36)21(15-22)16-31-32-28(34)24-6-2-4-8-27(24)38-18-20-5-1-3-7-25(20)30/h1-16H,17-18H2,(H,32,34)/b31-16+. The topological polar surface area (TPSA) is 103 Å². The van der Waals surface area contributed by atoms with Gasteiger partial charge in [-0.2, -0.15) is 5.10 Å². The number of hydrogen-bond acceptors (Lipinski definition) is 6. The number of para-hydroxylation sites is 1. The highest BCUT2D eigenvalue weighted by Gasteiger charge is 2.13. The number of non-ortho nitro benzene ring substituents is 1. The van der Waals surface area contributed by atoms with Crippen molar-refractivity contribution in [2.45, 2.75) is 13.2 Å². The smallest absolute Gasteiger partial charge is 0.275 e. The zero-order valence-electron chi connectivity index (χ0n) is 19.8. The Balaban J connectivity index is 1.41. The molecule has 0 atom stereocenters. The van der Waals surface area contributed by atoms with E-state index >= 15 is 0 Å². The fraction of sp³-hybridized carbons (Fsp3) is 0.0714. The Morgan fingerprint density at radius 2 is 1.66 bits per heavy atom. The number of ether oxygens (including phenoxy) is 2. The summed E-state index contributed by atoms with van der Waals surface area (Å²) in [5, 5.41) is 15.5. The summed E-state index contributed by atoms with van der Waals surface area (Å²) in [4.78, 5) is 23.2. The molecule has 4 rings (SSSR count).